The van der Waals surface area contributed by atoms with Crippen molar-refractivity contribution in [3.05, 3.63) is 68.5 Å². The van der Waals surface area contributed by atoms with Crippen molar-refractivity contribution in [3.63, 3.8) is 0 Å². The predicted octanol–water partition coefficient (Wildman–Crippen LogP) is 3.29. The van der Waals surface area contributed by atoms with Gasteiger partial charge < -0.3 is 5.11 Å². The molecule has 0 amide bonds. The van der Waals surface area contributed by atoms with Crippen LogP contribution in [-0.2, 0) is 16.6 Å². The molecule has 0 unspecified atom stereocenters. The van der Waals surface area contributed by atoms with Gasteiger partial charge in [-0.1, -0.05) is 37.7 Å². The summed E-state index contributed by atoms with van der Waals surface area (Å²) in [7, 11) is -4.53. The molecule has 0 bridgehead atoms. The Morgan fingerprint density at radius 2 is 1.80 bits per heavy atom. The van der Waals surface area contributed by atoms with E-state index < -0.39 is 34.5 Å². The number of hydrogen-bond acceptors (Lipinski definition) is 5. The van der Waals surface area contributed by atoms with Gasteiger partial charge in [0.1, 0.15) is 0 Å². The van der Waals surface area contributed by atoms with Gasteiger partial charge in [0.05, 0.1) is 11.4 Å². The standard InChI is InChI=1S/C17H12BrClF3N3O4S/c18-11-2-1-3-13(8-11)30(28,29)25-16(27)24(9-14(26)17(20,21)22)15(23-25)10-4-6-12(19)7-5-10/h1-8,14,26H,9H2/t14-/m0/s1. The van der Waals surface area contributed by atoms with Crippen LogP contribution in [0.5, 0.6) is 0 Å². The Hall–Kier alpha value is -2.15. The van der Waals surface area contributed by atoms with Gasteiger partial charge in [-0.2, -0.15) is 21.6 Å². The predicted molar refractivity (Wildman–Crippen MR) is 106 cm³/mol. The molecule has 0 aliphatic rings. The number of rotatable bonds is 5. The molecule has 0 saturated heterocycles. The molecule has 3 rings (SSSR count). The van der Waals surface area contributed by atoms with E-state index in [0.717, 1.165) is 0 Å². The SMILES string of the molecule is O=c1n(S(=O)(=O)c2cccc(Br)c2)nc(-c2ccc(Cl)cc2)n1C[C@H](O)C(F)(F)F. The van der Waals surface area contributed by atoms with Gasteiger partial charge in [0.15, 0.2) is 11.9 Å². The molecular weight excluding hydrogens is 515 g/mol. The van der Waals surface area contributed by atoms with Gasteiger partial charge in [-0.05, 0) is 42.5 Å². The van der Waals surface area contributed by atoms with Crippen molar-refractivity contribution in [1.29, 1.82) is 0 Å². The third-order valence-electron chi connectivity index (χ3n) is 3.99. The summed E-state index contributed by atoms with van der Waals surface area (Å²) in [4.78, 5) is 12.5. The molecule has 0 spiro atoms. The second-order valence-electron chi connectivity index (χ2n) is 6.09. The molecule has 0 aliphatic heterocycles. The van der Waals surface area contributed by atoms with E-state index in [1.807, 2.05) is 0 Å². The first kappa shape index (κ1) is 22.5. The third-order valence-corrected chi connectivity index (χ3v) is 6.28. The molecule has 1 heterocycles. The molecule has 160 valence electrons. The quantitative estimate of drug-likeness (QED) is 0.551. The Kier molecular flexibility index (Phi) is 6.14. The van der Waals surface area contributed by atoms with E-state index in [2.05, 4.69) is 21.0 Å². The molecule has 0 fully saturated rings. The van der Waals surface area contributed by atoms with Crippen LogP contribution in [0.4, 0.5) is 13.2 Å². The van der Waals surface area contributed by atoms with Gasteiger partial charge in [0.2, 0.25) is 0 Å². The Morgan fingerprint density at radius 3 is 2.37 bits per heavy atom. The largest absolute Gasteiger partial charge is 0.416 e. The first-order valence-electron chi connectivity index (χ1n) is 8.13. The number of hydrogen-bond donors (Lipinski definition) is 1. The summed E-state index contributed by atoms with van der Waals surface area (Å²) < 4.78 is 65.4. The second-order valence-corrected chi connectivity index (χ2v) is 9.21. The topological polar surface area (TPSA) is 94.2 Å². The number of aliphatic hydroxyl groups is 1. The maximum atomic E-state index is 12.9. The molecule has 0 radical (unpaired) electrons. The monoisotopic (exact) mass is 525 g/mol. The summed E-state index contributed by atoms with van der Waals surface area (Å²) in [6.07, 6.45) is -7.94. The Morgan fingerprint density at radius 1 is 1.17 bits per heavy atom. The zero-order valence-electron chi connectivity index (χ0n) is 14.7. The normalized spacial score (nSPS) is 13.4. The molecule has 3 aromatic rings. The summed E-state index contributed by atoms with van der Waals surface area (Å²) in [5, 5.41) is 13.5. The van der Waals surface area contributed by atoms with Gasteiger partial charge in [0, 0.05) is 15.1 Å². The number of halogens is 5. The Bertz CT molecular complexity index is 1240. The highest BCUT2D eigenvalue weighted by Crippen LogP contribution is 2.25. The molecule has 30 heavy (non-hydrogen) atoms. The van der Waals surface area contributed by atoms with E-state index in [0.29, 0.717) is 14.1 Å². The fourth-order valence-corrected chi connectivity index (χ4v) is 4.41. The van der Waals surface area contributed by atoms with Gasteiger partial charge in [-0.25, -0.2) is 4.79 Å². The summed E-state index contributed by atoms with van der Waals surface area (Å²) in [6, 6.07) is 10.9. The van der Waals surface area contributed by atoms with Crippen LogP contribution in [0.25, 0.3) is 11.4 Å². The highest BCUT2D eigenvalue weighted by molar-refractivity contribution is 9.10. The molecule has 2 aromatic carbocycles. The van der Waals surface area contributed by atoms with E-state index in [9.17, 15) is 31.5 Å². The van der Waals surface area contributed by atoms with Crippen LogP contribution in [0.15, 0.2) is 62.7 Å². The lowest BCUT2D eigenvalue weighted by molar-refractivity contribution is -0.207. The molecule has 0 aliphatic carbocycles. The van der Waals surface area contributed by atoms with E-state index in [4.69, 9.17) is 11.6 Å². The van der Waals surface area contributed by atoms with E-state index >= 15 is 0 Å². The smallest absolute Gasteiger partial charge is 0.382 e. The van der Waals surface area contributed by atoms with Crippen molar-refractivity contribution >= 4 is 37.6 Å². The Balaban J connectivity index is 2.22. The fourth-order valence-electron chi connectivity index (χ4n) is 2.51. The van der Waals surface area contributed by atoms with Crippen LogP contribution in [0.3, 0.4) is 0 Å². The van der Waals surface area contributed by atoms with Crippen molar-refractivity contribution in [2.45, 2.75) is 23.7 Å². The second kappa shape index (κ2) is 8.17. The van der Waals surface area contributed by atoms with Gasteiger partial charge in [0.25, 0.3) is 10.0 Å². The van der Waals surface area contributed by atoms with Crippen LogP contribution in [0.2, 0.25) is 5.02 Å². The summed E-state index contributed by atoms with van der Waals surface area (Å²) in [5.74, 6) is -0.376. The van der Waals surface area contributed by atoms with Crippen molar-refractivity contribution in [2.75, 3.05) is 0 Å². The average molecular weight is 527 g/mol. The van der Waals surface area contributed by atoms with Crippen molar-refractivity contribution in [3.8, 4) is 11.4 Å². The number of alkyl halides is 3. The molecular formula is C17H12BrClF3N3O4S. The third kappa shape index (κ3) is 4.46. The van der Waals surface area contributed by atoms with E-state index in [1.165, 1.54) is 42.5 Å². The van der Waals surface area contributed by atoms with Crippen LogP contribution in [-0.4, -0.2) is 39.6 Å². The minimum absolute atomic E-state index is 0.0990. The minimum atomic E-state index is -5.03. The summed E-state index contributed by atoms with van der Waals surface area (Å²) >= 11 is 8.92. The lowest BCUT2D eigenvalue weighted by Gasteiger charge is -2.15. The number of aliphatic hydroxyl groups excluding tert-OH is 1. The van der Waals surface area contributed by atoms with Gasteiger partial charge in [-0.3, -0.25) is 4.57 Å². The molecule has 1 atom stereocenters. The summed E-state index contributed by atoms with van der Waals surface area (Å²) in [5.41, 5.74) is -1.22. The molecule has 13 heteroatoms. The van der Waals surface area contributed by atoms with Crippen molar-refractivity contribution < 1.29 is 26.7 Å². The fraction of sp³-hybridized carbons (Fsp3) is 0.176. The van der Waals surface area contributed by atoms with E-state index in [-0.39, 0.29) is 20.4 Å². The van der Waals surface area contributed by atoms with Crippen LogP contribution in [0.1, 0.15) is 0 Å². The molecule has 0 saturated carbocycles. The summed E-state index contributed by atoms with van der Waals surface area (Å²) in [6.45, 7) is -1.24. The lowest BCUT2D eigenvalue weighted by Crippen LogP contribution is -2.38. The Labute approximate surface area is 181 Å². The number of benzene rings is 2. The van der Waals surface area contributed by atoms with Gasteiger partial charge >= 0.3 is 11.9 Å². The minimum Gasteiger partial charge on any atom is -0.382 e. The van der Waals surface area contributed by atoms with Gasteiger partial charge in [-0.15, -0.1) is 5.10 Å². The zero-order chi connectivity index (χ0) is 22.3. The maximum absolute atomic E-state index is 12.9. The van der Waals surface area contributed by atoms with Crippen molar-refractivity contribution in [1.82, 2.24) is 13.8 Å². The van der Waals surface area contributed by atoms with Crippen LogP contribution >= 0.6 is 27.5 Å². The maximum Gasteiger partial charge on any atom is 0.416 e. The first-order chi connectivity index (χ1) is 13.9. The highest BCUT2D eigenvalue weighted by atomic mass is 79.9. The van der Waals surface area contributed by atoms with Crippen LogP contribution < -0.4 is 5.69 Å². The average Bonchev–Trinajstić information content (AvgIpc) is 2.99. The molecule has 1 aromatic heterocycles. The van der Waals surface area contributed by atoms with Crippen LogP contribution in [0, 0.1) is 0 Å². The highest BCUT2D eigenvalue weighted by Gasteiger charge is 2.40. The number of aromatic nitrogens is 3. The zero-order valence-corrected chi connectivity index (χ0v) is 17.9. The van der Waals surface area contributed by atoms with Crippen molar-refractivity contribution in [2.24, 2.45) is 0 Å². The lowest BCUT2D eigenvalue weighted by atomic mass is 10.2. The number of nitrogens with zero attached hydrogens (tertiary/aromatic N) is 3. The molecule has 1 N–H and O–H groups in total. The molecule has 7 nitrogen and oxygen atoms in total. The first-order valence-corrected chi connectivity index (χ1v) is 10.7. The van der Waals surface area contributed by atoms with E-state index in [1.54, 1.807) is 6.07 Å².